The number of halogens is 1. The maximum Gasteiger partial charge on any atom is 0.365 e. The van der Waals surface area contributed by atoms with Gasteiger partial charge in [0, 0.05) is 17.4 Å². The molecule has 1 aromatic carbocycles. The smallest absolute Gasteiger partial charge is 0.365 e. The molecular weight excluding hydrogens is 268 g/mol. The van der Waals surface area contributed by atoms with Gasteiger partial charge >= 0.3 is 5.97 Å². The van der Waals surface area contributed by atoms with E-state index in [4.69, 9.17) is 22.2 Å². The summed E-state index contributed by atoms with van der Waals surface area (Å²) in [6, 6.07) is 6.21. The Morgan fingerprint density at radius 2 is 2.00 bits per heavy atom. The van der Waals surface area contributed by atoms with Gasteiger partial charge in [-0.25, -0.2) is 9.78 Å². The van der Waals surface area contributed by atoms with Crippen LogP contribution in [0.15, 0.2) is 48.0 Å². The van der Waals surface area contributed by atoms with Gasteiger partial charge < -0.3 is 10.6 Å². The Hall–Kier alpha value is -2.47. The summed E-state index contributed by atoms with van der Waals surface area (Å²) >= 11 is 5.71. The molecule has 0 amide bonds. The maximum atomic E-state index is 11.6. The quantitative estimate of drug-likeness (QED) is 0.398. The van der Waals surface area contributed by atoms with Crippen LogP contribution in [0.5, 0.6) is 0 Å². The summed E-state index contributed by atoms with van der Waals surface area (Å²) in [4.78, 5) is 24.1. The summed E-state index contributed by atoms with van der Waals surface area (Å²) in [7, 11) is 0. The molecule has 0 bridgehead atoms. The summed E-state index contributed by atoms with van der Waals surface area (Å²) in [5.41, 5.74) is 6.24. The molecule has 0 saturated heterocycles. The lowest BCUT2D eigenvalue weighted by molar-refractivity contribution is 0.0516. The molecule has 0 saturated carbocycles. The van der Waals surface area contributed by atoms with Crippen molar-refractivity contribution in [1.29, 1.82) is 0 Å². The van der Waals surface area contributed by atoms with E-state index in [-0.39, 0.29) is 5.84 Å². The van der Waals surface area contributed by atoms with Gasteiger partial charge in [0.1, 0.15) is 5.69 Å². The minimum Gasteiger partial charge on any atom is -0.379 e. The normalized spacial score (nSPS) is 11.1. The number of amidine groups is 1. The Morgan fingerprint density at radius 3 is 2.63 bits per heavy atom. The highest BCUT2D eigenvalue weighted by molar-refractivity contribution is 6.30. The third-order valence-electron chi connectivity index (χ3n) is 2.13. The van der Waals surface area contributed by atoms with E-state index in [9.17, 15) is 4.79 Å². The summed E-state index contributed by atoms with van der Waals surface area (Å²) in [6.45, 7) is 0. The number of hydrogen-bond acceptors (Lipinski definition) is 5. The van der Waals surface area contributed by atoms with Gasteiger partial charge in [0.05, 0.1) is 11.8 Å². The molecule has 0 atom stereocenters. The summed E-state index contributed by atoms with van der Waals surface area (Å²) < 4.78 is 0. The van der Waals surface area contributed by atoms with Gasteiger partial charge in [-0.1, -0.05) is 16.8 Å². The maximum absolute atomic E-state index is 11.6. The van der Waals surface area contributed by atoms with Crippen molar-refractivity contribution in [2.24, 2.45) is 10.9 Å². The molecule has 0 spiro atoms. The van der Waals surface area contributed by atoms with Gasteiger partial charge in [-0.15, -0.1) is 0 Å². The van der Waals surface area contributed by atoms with Crippen LogP contribution in [0.4, 0.5) is 0 Å². The molecule has 1 aromatic heterocycles. The monoisotopic (exact) mass is 276 g/mol. The highest BCUT2D eigenvalue weighted by Gasteiger charge is 2.08. The van der Waals surface area contributed by atoms with E-state index in [2.05, 4.69) is 15.1 Å². The fourth-order valence-corrected chi connectivity index (χ4v) is 1.33. The van der Waals surface area contributed by atoms with Gasteiger partial charge in [0.25, 0.3) is 0 Å². The van der Waals surface area contributed by atoms with Gasteiger partial charge in [-0.3, -0.25) is 4.98 Å². The second-order valence-electron chi connectivity index (χ2n) is 3.45. The van der Waals surface area contributed by atoms with Gasteiger partial charge in [0.15, 0.2) is 5.84 Å². The van der Waals surface area contributed by atoms with E-state index in [1.165, 1.54) is 30.7 Å². The Kier molecular flexibility index (Phi) is 4.04. The number of nitrogens with two attached hydrogens (primary N) is 1. The van der Waals surface area contributed by atoms with Crippen LogP contribution < -0.4 is 5.73 Å². The first-order chi connectivity index (χ1) is 9.16. The molecule has 19 heavy (non-hydrogen) atoms. The fourth-order valence-electron chi connectivity index (χ4n) is 1.21. The van der Waals surface area contributed by atoms with Crippen LogP contribution in [0, 0.1) is 0 Å². The molecule has 0 aliphatic rings. The number of benzene rings is 1. The lowest BCUT2D eigenvalue weighted by Crippen LogP contribution is -2.17. The van der Waals surface area contributed by atoms with Crippen molar-refractivity contribution in [2.75, 3.05) is 0 Å². The molecule has 0 fully saturated rings. The number of carbonyl (C=O) groups is 1. The van der Waals surface area contributed by atoms with Gasteiger partial charge in [0.2, 0.25) is 0 Å². The second kappa shape index (κ2) is 5.92. The van der Waals surface area contributed by atoms with E-state index >= 15 is 0 Å². The lowest BCUT2D eigenvalue weighted by Gasteiger charge is -2.00. The van der Waals surface area contributed by atoms with E-state index in [0.29, 0.717) is 16.3 Å². The lowest BCUT2D eigenvalue weighted by atomic mass is 10.2. The predicted molar refractivity (Wildman–Crippen MR) is 69.6 cm³/mol. The Labute approximate surface area is 113 Å². The zero-order chi connectivity index (χ0) is 13.7. The molecule has 1 heterocycles. The van der Waals surface area contributed by atoms with E-state index in [1.54, 1.807) is 12.1 Å². The highest BCUT2D eigenvalue weighted by Crippen LogP contribution is 2.10. The van der Waals surface area contributed by atoms with E-state index in [1.807, 2.05) is 0 Å². The minimum atomic E-state index is -0.636. The molecule has 7 heteroatoms. The summed E-state index contributed by atoms with van der Waals surface area (Å²) in [6.07, 6.45) is 4.37. The standard InChI is InChI=1S/C12H9ClN4O2/c13-9-3-1-8(2-4-9)12(18)19-17-11(14)10-7-15-5-6-16-10/h1-7H,(H2,14,17). The van der Waals surface area contributed by atoms with E-state index < -0.39 is 5.97 Å². The zero-order valence-corrected chi connectivity index (χ0v) is 10.4. The van der Waals surface area contributed by atoms with Crippen LogP contribution in [0.3, 0.4) is 0 Å². The Bertz CT molecular complexity index is 599. The van der Waals surface area contributed by atoms with Gasteiger partial charge in [-0.2, -0.15) is 0 Å². The SMILES string of the molecule is NC(=NOC(=O)c1ccc(Cl)cc1)c1cnccn1. The van der Waals surface area contributed by atoms with Crippen molar-refractivity contribution in [3.8, 4) is 0 Å². The molecule has 6 nitrogen and oxygen atoms in total. The molecule has 0 unspecified atom stereocenters. The van der Waals surface area contributed by atoms with E-state index in [0.717, 1.165) is 0 Å². The molecule has 0 aliphatic carbocycles. The van der Waals surface area contributed by atoms with Crippen LogP contribution in [0.25, 0.3) is 0 Å². The zero-order valence-electron chi connectivity index (χ0n) is 9.65. The average Bonchev–Trinajstić information content (AvgIpc) is 2.46. The fraction of sp³-hybridized carbons (Fsp3) is 0. The first kappa shape index (κ1) is 13.0. The molecule has 2 aromatic rings. The number of carbonyl (C=O) groups excluding carboxylic acids is 1. The molecule has 2 rings (SSSR count). The topological polar surface area (TPSA) is 90.5 Å². The number of nitrogens with zero attached hydrogens (tertiary/aromatic N) is 3. The van der Waals surface area contributed by atoms with Crippen molar-refractivity contribution < 1.29 is 9.63 Å². The van der Waals surface area contributed by atoms with Crippen LogP contribution in [-0.2, 0) is 4.84 Å². The van der Waals surface area contributed by atoms with Gasteiger partial charge in [-0.05, 0) is 24.3 Å². The Morgan fingerprint density at radius 1 is 1.26 bits per heavy atom. The van der Waals surface area contributed by atoms with Crippen LogP contribution in [-0.4, -0.2) is 21.8 Å². The average molecular weight is 277 g/mol. The third-order valence-corrected chi connectivity index (χ3v) is 2.38. The molecule has 2 N–H and O–H groups in total. The largest absolute Gasteiger partial charge is 0.379 e. The summed E-state index contributed by atoms with van der Waals surface area (Å²) in [5.74, 6) is -0.668. The van der Waals surface area contributed by atoms with Crippen molar-refractivity contribution in [1.82, 2.24) is 9.97 Å². The third kappa shape index (κ3) is 3.49. The van der Waals surface area contributed by atoms with Crippen LogP contribution in [0.1, 0.15) is 16.1 Å². The van der Waals surface area contributed by atoms with Crippen LogP contribution >= 0.6 is 11.6 Å². The molecular formula is C12H9ClN4O2. The minimum absolute atomic E-state index is 0.0320. The molecule has 96 valence electrons. The summed E-state index contributed by atoms with van der Waals surface area (Å²) in [5, 5.41) is 4.03. The number of oxime groups is 1. The number of hydrogen-bond donors (Lipinski definition) is 1. The van der Waals surface area contributed by atoms with Crippen molar-refractivity contribution in [3.05, 3.63) is 59.1 Å². The highest BCUT2D eigenvalue weighted by atomic mass is 35.5. The molecule has 0 aliphatic heterocycles. The first-order valence-corrected chi connectivity index (χ1v) is 5.61. The molecule has 0 radical (unpaired) electrons. The first-order valence-electron chi connectivity index (χ1n) is 5.23. The predicted octanol–water partition coefficient (Wildman–Crippen LogP) is 1.61. The number of rotatable bonds is 3. The van der Waals surface area contributed by atoms with Crippen molar-refractivity contribution in [2.45, 2.75) is 0 Å². The van der Waals surface area contributed by atoms with Crippen LogP contribution in [0.2, 0.25) is 5.02 Å². The Balaban J connectivity index is 2.06. The second-order valence-corrected chi connectivity index (χ2v) is 3.89. The van der Waals surface area contributed by atoms with Crippen molar-refractivity contribution in [3.63, 3.8) is 0 Å². The van der Waals surface area contributed by atoms with Crippen molar-refractivity contribution >= 4 is 23.4 Å². The number of aromatic nitrogens is 2.